The second-order valence-corrected chi connectivity index (χ2v) is 5.59. The van der Waals surface area contributed by atoms with Crippen LogP contribution in [0, 0.1) is 0 Å². The van der Waals surface area contributed by atoms with Crippen LogP contribution in [0.4, 0.5) is 0 Å². The van der Waals surface area contributed by atoms with Crippen LogP contribution in [0.2, 0.25) is 0 Å². The number of aromatic amines is 1. The van der Waals surface area contributed by atoms with E-state index in [2.05, 4.69) is 4.52 Å². The SMILES string of the molecule is O.O=c1ccn([C@@H]2O[C@H](COP(=O)(O)O)[C@@H](O)[C@H]2O)c(=O)[nH]1. The lowest BCUT2D eigenvalue weighted by Gasteiger charge is -2.16. The van der Waals surface area contributed by atoms with E-state index in [1.807, 2.05) is 4.98 Å². The van der Waals surface area contributed by atoms with Gasteiger partial charge in [-0.1, -0.05) is 0 Å². The largest absolute Gasteiger partial charge is 0.469 e. The number of aliphatic hydroxyl groups is 2. The Morgan fingerprint density at radius 1 is 1.32 bits per heavy atom. The van der Waals surface area contributed by atoms with Crippen LogP contribution in [0.1, 0.15) is 6.23 Å². The molecule has 0 radical (unpaired) electrons. The smallest absolute Gasteiger partial charge is 0.412 e. The van der Waals surface area contributed by atoms with Crippen LogP contribution in [-0.4, -0.2) is 59.9 Å². The number of nitrogens with zero attached hydrogens (tertiary/aromatic N) is 1. The number of hydrogen-bond donors (Lipinski definition) is 5. The average Bonchev–Trinajstić information content (AvgIpc) is 2.64. The van der Waals surface area contributed by atoms with E-state index in [9.17, 15) is 24.4 Å². The maximum absolute atomic E-state index is 11.6. The Bertz CT molecular complexity index is 665. The summed E-state index contributed by atoms with van der Waals surface area (Å²) in [7, 11) is -4.76. The predicted molar refractivity (Wildman–Crippen MR) is 68.9 cm³/mol. The molecule has 0 spiro atoms. The minimum absolute atomic E-state index is 0. The molecule has 1 aromatic rings. The molecular formula is C9H15N2O10P. The first-order valence-corrected chi connectivity index (χ1v) is 7.25. The maximum Gasteiger partial charge on any atom is 0.469 e. The van der Waals surface area contributed by atoms with Crippen molar-refractivity contribution < 1.29 is 39.3 Å². The molecule has 22 heavy (non-hydrogen) atoms. The van der Waals surface area contributed by atoms with E-state index < -0.39 is 50.2 Å². The van der Waals surface area contributed by atoms with Crippen molar-refractivity contribution in [1.29, 1.82) is 0 Å². The zero-order chi connectivity index (χ0) is 15.8. The van der Waals surface area contributed by atoms with Crippen molar-refractivity contribution in [3.05, 3.63) is 33.1 Å². The molecule has 13 heteroatoms. The van der Waals surface area contributed by atoms with Gasteiger partial charge in [0.15, 0.2) is 6.23 Å². The van der Waals surface area contributed by atoms with E-state index in [0.29, 0.717) is 0 Å². The fraction of sp³-hybridized carbons (Fsp3) is 0.556. The Morgan fingerprint density at radius 2 is 1.95 bits per heavy atom. The van der Waals surface area contributed by atoms with E-state index in [1.54, 1.807) is 0 Å². The molecule has 0 aromatic carbocycles. The summed E-state index contributed by atoms with van der Waals surface area (Å²) in [5, 5.41) is 19.6. The molecule has 0 aliphatic carbocycles. The van der Waals surface area contributed by atoms with Crippen molar-refractivity contribution in [2.75, 3.05) is 6.61 Å². The molecule has 0 bridgehead atoms. The number of H-pyrrole nitrogens is 1. The Labute approximate surface area is 122 Å². The maximum atomic E-state index is 11.6. The molecule has 2 rings (SSSR count). The first kappa shape index (κ1) is 18.7. The molecule has 7 N–H and O–H groups in total. The fourth-order valence-electron chi connectivity index (χ4n) is 1.89. The second-order valence-electron chi connectivity index (χ2n) is 4.35. The molecule has 1 aliphatic rings. The summed E-state index contributed by atoms with van der Waals surface area (Å²) in [6.45, 7) is -0.683. The van der Waals surface area contributed by atoms with Crippen molar-refractivity contribution in [3.63, 3.8) is 0 Å². The van der Waals surface area contributed by atoms with Gasteiger partial charge in [-0.05, 0) is 0 Å². The molecule has 1 aliphatic heterocycles. The van der Waals surface area contributed by atoms with Gasteiger partial charge in [0, 0.05) is 12.3 Å². The molecule has 1 saturated heterocycles. The molecular weight excluding hydrogens is 327 g/mol. The first-order chi connectivity index (χ1) is 9.69. The van der Waals surface area contributed by atoms with E-state index in [0.717, 1.165) is 16.8 Å². The van der Waals surface area contributed by atoms with Crippen molar-refractivity contribution in [2.24, 2.45) is 0 Å². The van der Waals surface area contributed by atoms with Crippen LogP contribution in [0.5, 0.6) is 0 Å². The van der Waals surface area contributed by atoms with Gasteiger partial charge in [-0.15, -0.1) is 0 Å². The summed E-state index contributed by atoms with van der Waals surface area (Å²) < 4.78 is 20.8. The van der Waals surface area contributed by atoms with Gasteiger partial charge in [0.1, 0.15) is 18.3 Å². The summed E-state index contributed by atoms with van der Waals surface area (Å²) >= 11 is 0. The lowest BCUT2D eigenvalue weighted by molar-refractivity contribution is -0.0543. The number of aliphatic hydroxyl groups excluding tert-OH is 2. The predicted octanol–water partition coefficient (Wildman–Crippen LogP) is -3.56. The van der Waals surface area contributed by atoms with E-state index in [1.165, 1.54) is 0 Å². The Hall–Kier alpha value is -1.37. The molecule has 126 valence electrons. The highest BCUT2D eigenvalue weighted by Gasteiger charge is 2.44. The third-order valence-corrected chi connectivity index (χ3v) is 3.35. The molecule has 0 unspecified atom stereocenters. The normalized spacial score (nSPS) is 28.4. The first-order valence-electron chi connectivity index (χ1n) is 5.72. The summed E-state index contributed by atoms with van der Waals surface area (Å²) in [5.74, 6) is 0. The zero-order valence-corrected chi connectivity index (χ0v) is 11.8. The standard InChI is InChI=1S/C9H13N2O9P.H2O/c12-5-1-2-11(9(15)10-5)8-7(14)6(13)4(20-8)3-19-21(16,17)18;/h1-2,4,6-8,13-14H,3H2,(H,10,12,15)(H2,16,17,18);1H2/t4-,6-,7-,8-;/m1./s1. The van der Waals surface area contributed by atoms with Gasteiger partial charge < -0.3 is 30.2 Å². The van der Waals surface area contributed by atoms with Crippen LogP contribution in [0.15, 0.2) is 21.9 Å². The average molecular weight is 342 g/mol. The monoisotopic (exact) mass is 342 g/mol. The number of hydrogen-bond acceptors (Lipinski definition) is 7. The highest BCUT2D eigenvalue weighted by Crippen LogP contribution is 2.38. The second kappa shape index (κ2) is 6.81. The van der Waals surface area contributed by atoms with Gasteiger partial charge >= 0.3 is 13.5 Å². The van der Waals surface area contributed by atoms with Crippen LogP contribution in [-0.2, 0) is 13.8 Å². The molecule has 4 atom stereocenters. The Balaban J connectivity index is 0.00000242. The quantitative estimate of drug-likeness (QED) is 0.343. The van der Waals surface area contributed by atoms with E-state index in [-0.39, 0.29) is 5.48 Å². The molecule has 0 amide bonds. The highest BCUT2D eigenvalue weighted by molar-refractivity contribution is 7.46. The van der Waals surface area contributed by atoms with E-state index in [4.69, 9.17) is 14.5 Å². The van der Waals surface area contributed by atoms with Crippen molar-refractivity contribution in [3.8, 4) is 0 Å². The number of ether oxygens (including phenoxy) is 1. The topological polar surface area (TPSA) is 203 Å². The van der Waals surface area contributed by atoms with Crippen molar-refractivity contribution >= 4 is 7.82 Å². The third kappa shape index (κ3) is 4.09. The highest BCUT2D eigenvalue weighted by atomic mass is 31.2. The Morgan fingerprint density at radius 3 is 2.50 bits per heavy atom. The van der Waals surface area contributed by atoms with Crippen LogP contribution in [0.3, 0.4) is 0 Å². The lowest BCUT2D eigenvalue weighted by atomic mass is 10.1. The van der Waals surface area contributed by atoms with Crippen molar-refractivity contribution in [1.82, 2.24) is 9.55 Å². The molecule has 12 nitrogen and oxygen atoms in total. The number of phosphoric acid groups is 1. The van der Waals surface area contributed by atoms with E-state index >= 15 is 0 Å². The number of phosphoric ester groups is 1. The molecule has 1 fully saturated rings. The summed E-state index contributed by atoms with van der Waals surface area (Å²) in [6, 6.07) is 1.02. The van der Waals surface area contributed by atoms with Gasteiger partial charge in [0.2, 0.25) is 0 Å². The van der Waals surface area contributed by atoms with Crippen LogP contribution < -0.4 is 11.2 Å². The number of aromatic nitrogens is 2. The summed E-state index contributed by atoms with van der Waals surface area (Å²) in [6.07, 6.45) is -4.58. The number of nitrogens with one attached hydrogen (secondary N) is 1. The third-order valence-electron chi connectivity index (χ3n) is 2.87. The van der Waals surface area contributed by atoms with Gasteiger partial charge in [-0.2, -0.15) is 0 Å². The summed E-state index contributed by atoms with van der Waals surface area (Å²) in [4.78, 5) is 41.6. The minimum atomic E-state index is -4.76. The van der Waals surface area contributed by atoms with Crippen molar-refractivity contribution in [2.45, 2.75) is 24.5 Å². The number of rotatable bonds is 4. The van der Waals surface area contributed by atoms with Crippen LogP contribution in [0.25, 0.3) is 0 Å². The van der Waals surface area contributed by atoms with Crippen LogP contribution >= 0.6 is 7.82 Å². The molecule has 0 saturated carbocycles. The molecule has 1 aromatic heterocycles. The fourth-order valence-corrected chi connectivity index (χ4v) is 2.24. The van der Waals surface area contributed by atoms with Gasteiger partial charge in [-0.3, -0.25) is 18.9 Å². The van der Waals surface area contributed by atoms with Gasteiger partial charge in [0.05, 0.1) is 6.61 Å². The molecule has 2 heterocycles. The lowest BCUT2D eigenvalue weighted by Crippen LogP contribution is -2.37. The summed E-state index contributed by atoms with van der Waals surface area (Å²) in [5.41, 5.74) is -1.51. The van der Waals surface area contributed by atoms with Gasteiger partial charge in [0.25, 0.3) is 5.56 Å². The van der Waals surface area contributed by atoms with Gasteiger partial charge in [-0.25, -0.2) is 9.36 Å². The minimum Gasteiger partial charge on any atom is -0.412 e. The zero-order valence-electron chi connectivity index (χ0n) is 10.9. The Kier molecular flexibility index (Phi) is 5.78.